The molecule has 0 radical (unpaired) electrons. The van der Waals surface area contributed by atoms with Gasteiger partial charge in [-0.15, -0.1) is 0 Å². The maximum absolute atomic E-state index is 13.4. The van der Waals surface area contributed by atoms with E-state index in [0.29, 0.717) is 5.56 Å². The number of hydrogen-bond donors (Lipinski definition) is 0. The lowest BCUT2D eigenvalue weighted by molar-refractivity contribution is -0.292. The molecule has 150 valence electrons. The molecule has 2 aromatic rings. The van der Waals surface area contributed by atoms with E-state index in [0.717, 1.165) is 30.0 Å². The Balaban J connectivity index is 2.00. The number of benzene rings is 2. The molecule has 0 saturated carbocycles. The van der Waals surface area contributed by atoms with Crippen LogP contribution in [0.5, 0.6) is 0 Å². The molecule has 3 rings (SSSR count). The predicted octanol–water partition coefficient (Wildman–Crippen LogP) is 4.54. The number of piperidine rings is 1. The molecule has 1 fully saturated rings. The minimum Gasteiger partial charge on any atom is -0.467 e. The number of nitrogens with zero attached hydrogens (tertiary/aromatic N) is 1. The third-order valence-electron chi connectivity index (χ3n) is 5.60. The maximum atomic E-state index is 13.4. The highest BCUT2D eigenvalue weighted by atomic mass is 16.7. The second kappa shape index (κ2) is 7.64. The van der Waals surface area contributed by atoms with Gasteiger partial charge in [-0.05, 0) is 57.7 Å². The fraction of sp³-hybridized carbons (Fsp3) is 0.478. The monoisotopic (exact) mass is 383 g/mol. The summed E-state index contributed by atoms with van der Waals surface area (Å²) >= 11 is 0. The van der Waals surface area contributed by atoms with Gasteiger partial charge in [-0.1, -0.05) is 42.5 Å². The molecule has 0 aliphatic carbocycles. The average molecular weight is 383 g/mol. The molecule has 1 aliphatic rings. The molecule has 0 spiro atoms. The Hall–Kier alpha value is -2.24. The topological polar surface area (TPSA) is 55.8 Å². The van der Waals surface area contributed by atoms with Gasteiger partial charge in [-0.3, -0.25) is 9.63 Å². The summed E-state index contributed by atoms with van der Waals surface area (Å²) in [5.74, 6) is -1.07. The van der Waals surface area contributed by atoms with Gasteiger partial charge in [0, 0.05) is 16.6 Å². The molecule has 1 atom stereocenters. The Morgan fingerprint density at radius 3 is 2.21 bits per heavy atom. The molecular formula is C23H29NO4. The third kappa shape index (κ3) is 3.82. The van der Waals surface area contributed by atoms with Crippen LogP contribution in [0.1, 0.15) is 57.3 Å². The van der Waals surface area contributed by atoms with Crippen LogP contribution in [-0.2, 0) is 14.4 Å². The van der Waals surface area contributed by atoms with Crippen LogP contribution in [0.25, 0.3) is 10.8 Å². The standard InChI is InChI=1S/C23H29NO4/c1-22(2)14-9-15-23(3,4)24(22)28-20(21(26)27-5)19(25)18-13-8-11-16-10-6-7-12-17(16)18/h6-8,10-13,20H,9,14-15H2,1-5H3. The van der Waals surface area contributed by atoms with Crippen LogP contribution in [0.2, 0.25) is 0 Å². The van der Waals surface area contributed by atoms with Crippen LogP contribution < -0.4 is 0 Å². The number of rotatable bonds is 5. The zero-order valence-electron chi connectivity index (χ0n) is 17.3. The molecule has 5 heteroatoms. The predicted molar refractivity (Wildman–Crippen MR) is 109 cm³/mol. The molecule has 0 aromatic heterocycles. The van der Waals surface area contributed by atoms with Gasteiger partial charge >= 0.3 is 5.97 Å². The number of carbonyl (C=O) groups is 2. The van der Waals surface area contributed by atoms with Gasteiger partial charge in [0.2, 0.25) is 11.9 Å². The summed E-state index contributed by atoms with van der Waals surface area (Å²) < 4.78 is 4.93. The molecule has 0 N–H and O–H groups in total. The second-order valence-corrected chi connectivity index (χ2v) is 8.67. The number of esters is 1. The quantitative estimate of drug-likeness (QED) is 0.431. The Morgan fingerprint density at radius 1 is 0.964 bits per heavy atom. The second-order valence-electron chi connectivity index (χ2n) is 8.67. The van der Waals surface area contributed by atoms with Crippen LogP contribution in [0.4, 0.5) is 0 Å². The van der Waals surface area contributed by atoms with Gasteiger partial charge in [0.1, 0.15) is 0 Å². The van der Waals surface area contributed by atoms with Gasteiger partial charge in [0.15, 0.2) is 0 Å². The largest absolute Gasteiger partial charge is 0.467 e. The van der Waals surface area contributed by atoms with Crippen molar-refractivity contribution in [1.82, 2.24) is 5.06 Å². The van der Waals surface area contributed by atoms with E-state index in [9.17, 15) is 9.59 Å². The van der Waals surface area contributed by atoms with Crippen molar-refractivity contribution >= 4 is 22.5 Å². The molecule has 1 aliphatic heterocycles. The van der Waals surface area contributed by atoms with E-state index >= 15 is 0 Å². The fourth-order valence-electron chi connectivity index (χ4n) is 4.25. The van der Waals surface area contributed by atoms with E-state index in [2.05, 4.69) is 27.7 Å². The van der Waals surface area contributed by atoms with Gasteiger partial charge in [0.05, 0.1) is 7.11 Å². The lowest BCUT2D eigenvalue weighted by Crippen LogP contribution is -2.60. The molecule has 0 amide bonds. The Labute approximate surface area is 166 Å². The van der Waals surface area contributed by atoms with E-state index in [4.69, 9.17) is 9.57 Å². The molecule has 28 heavy (non-hydrogen) atoms. The van der Waals surface area contributed by atoms with Crippen molar-refractivity contribution in [3.63, 3.8) is 0 Å². The van der Waals surface area contributed by atoms with Gasteiger partial charge in [-0.2, -0.15) is 5.06 Å². The summed E-state index contributed by atoms with van der Waals surface area (Å²) in [7, 11) is 1.28. The summed E-state index contributed by atoms with van der Waals surface area (Å²) in [4.78, 5) is 32.1. The van der Waals surface area contributed by atoms with E-state index in [1.54, 1.807) is 6.07 Å². The number of hydrogen-bond acceptors (Lipinski definition) is 5. The van der Waals surface area contributed by atoms with Crippen molar-refractivity contribution < 1.29 is 19.2 Å². The molecule has 0 bridgehead atoms. The van der Waals surface area contributed by atoms with Crippen LogP contribution >= 0.6 is 0 Å². The lowest BCUT2D eigenvalue weighted by Gasteiger charge is -2.51. The fourth-order valence-corrected chi connectivity index (χ4v) is 4.25. The normalized spacial score (nSPS) is 19.9. The SMILES string of the molecule is COC(=O)C(ON1C(C)(C)CCCC1(C)C)C(=O)c1cccc2ccccc12. The Kier molecular flexibility index (Phi) is 5.60. The highest BCUT2D eigenvalue weighted by molar-refractivity contribution is 6.17. The van der Waals surface area contributed by atoms with E-state index in [1.165, 1.54) is 7.11 Å². The van der Waals surface area contributed by atoms with Crippen LogP contribution in [0.3, 0.4) is 0 Å². The van der Waals surface area contributed by atoms with Crippen molar-refractivity contribution in [3.05, 3.63) is 48.0 Å². The van der Waals surface area contributed by atoms with E-state index < -0.39 is 12.1 Å². The van der Waals surface area contributed by atoms with E-state index in [1.807, 2.05) is 41.5 Å². The lowest BCUT2D eigenvalue weighted by atomic mass is 9.82. The Bertz CT molecular complexity index is 866. The number of ketones is 1. The first-order valence-electron chi connectivity index (χ1n) is 9.74. The maximum Gasteiger partial charge on any atom is 0.345 e. The Morgan fingerprint density at radius 2 is 1.57 bits per heavy atom. The summed E-state index contributed by atoms with van der Waals surface area (Å²) in [5.41, 5.74) is -0.138. The first-order chi connectivity index (χ1) is 13.2. The molecule has 1 saturated heterocycles. The smallest absolute Gasteiger partial charge is 0.345 e. The number of methoxy groups -OCH3 is 1. The van der Waals surface area contributed by atoms with Crippen LogP contribution in [0, 0.1) is 0 Å². The number of ether oxygens (including phenoxy) is 1. The minimum atomic E-state index is -1.34. The van der Waals surface area contributed by atoms with Crippen molar-refractivity contribution in [2.24, 2.45) is 0 Å². The molecule has 1 unspecified atom stereocenters. The molecular weight excluding hydrogens is 354 g/mol. The number of hydroxylamine groups is 2. The van der Waals surface area contributed by atoms with Crippen LogP contribution in [-0.4, -0.2) is 41.1 Å². The third-order valence-corrected chi connectivity index (χ3v) is 5.60. The zero-order chi connectivity index (χ0) is 20.5. The van der Waals surface area contributed by atoms with Crippen molar-refractivity contribution in [2.45, 2.75) is 64.1 Å². The van der Waals surface area contributed by atoms with Crippen LogP contribution in [0.15, 0.2) is 42.5 Å². The van der Waals surface area contributed by atoms with Crippen molar-refractivity contribution in [2.75, 3.05) is 7.11 Å². The summed E-state index contributed by atoms with van der Waals surface area (Å²) in [5, 5.41) is 3.56. The first kappa shape index (κ1) is 20.5. The number of Topliss-reactive ketones (excluding diaryl/α,β-unsaturated/α-hetero) is 1. The molecule has 5 nitrogen and oxygen atoms in total. The van der Waals surface area contributed by atoms with E-state index in [-0.39, 0.29) is 16.9 Å². The summed E-state index contributed by atoms with van der Waals surface area (Å²) in [6.45, 7) is 8.30. The highest BCUT2D eigenvalue weighted by Gasteiger charge is 2.46. The molecule has 2 aromatic carbocycles. The zero-order valence-corrected chi connectivity index (χ0v) is 17.3. The highest BCUT2D eigenvalue weighted by Crippen LogP contribution is 2.39. The van der Waals surface area contributed by atoms with Crippen molar-refractivity contribution in [1.29, 1.82) is 0 Å². The summed E-state index contributed by atoms with van der Waals surface area (Å²) in [6.07, 6.45) is 1.58. The number of fused-ring (bicyclic) bond motifs is 1. The summed E-state index contributed by atoms with van der Waals surface area (Å²) in [6, 6.07) is 13.1. The molecule has 1 heterocycles. The number of carbonyl (C=O) groups excluding carboxylic acids is 2. The van der Waals surface area contributed by atoms with Gasteiger partial charge in [-0.25, -0.2) is 4.79 Å². The first-order valence-corrected chi connectivity index (χ1v) is 9.74. The van der Waals surface area contributed by atoms with Crippen molar-refractivity contribution in [3.8, 4) is 0 Å². The van der Waals surface area contributed by atoms with Gasteiger partial charge in [0.25, 0.3) is 0 Å². The average Bonchev–Trinajstić information content (AvgIpc) is 2.65. The van der Waals surface area contributed by atoms with Gasteiger partial charge < -0.3 is 4.74 Å². The minimum absolute atomic E-state index is 0.299.